The Balaban J connectivity index is 1.02. The van der Waals surface area contributed by atoms with Crippen LogP contribution in [0.25, 0.3) is 0 Å². The molecule has 0 aliphatic carbocycles. The minimum absolute atomic E-state index is 0.0519. The van der Waals surface area contributed by atoms with E-state index in [0.29, 0.717) is 0 Å². The third-order valence-electron chi connectivity index (χ3n) is 31.3. The van der Waals surface area contributed by atoms with E-state index in [-0.39, 0.29) is 6.23 Å². The van der Waals surface area contributed by atoms with Crippen LogP contribution in [0.5, 0.6) is 0 Å². The molecule has 0 aromatic rings. The normalized spacial score (nSPS) is 135. The van der Waals surface area contributed by atoms with E-state index in [9.17, 15) is 5.11 Å². The van der Waals surface area contributed by atoms with Gasteiger partial charge in [0.15, 0.2) is 0 Å². The van der Waals surface area contributed by atoms with Gasteiger partial charge in [0.05, 0.1) is 0 Å². The number of nitrogens with zero attached hydrogens (tertiary/aromatic N) is 1. The van der Waals surface area contributed by atoms with Crippen molar-refractivity contribution in [3.05, 3.63) is 0 Å². The van der Waals surface area contributed by atoms with Crippen molar-refractivity contribution in [3.63, 3.8) is 0 Å². The van der Waals surface area contributed by atoms with Gasteiger partial charge in [-0.05, 0) is 0 Å². The Kier molecular flexibility index (Phi) is 0.334. The first-order valence-electron chi connectivity index (χ1n) is 14.1. The second-order valence-electron chi connectivity index (χ2n) is 21.6. The Morgan fingerprint density at radius 3 is 1.23 bits per heavy atom. The van der Waals surface area contributed by atoms with E-state index in [2.05, 4.69) is 11.8 Å². The van der Waals surface area contributed by atoms with Crippen molar-refractivity contribution in [2.24, 2.45) is 0 Å². The SMILES string of the molecule is CCCCCC(O)N([C]12[CH]3[CH]4[CH]5[CH]1[Fe]45321678[CH]2[CH]1[CH]6[CH]7[CH]28)[C]12[CH]3[CH]4[CH]5[CH]1[Fe]45321678[CH]2[CH]1[CH]6[CH]7[CH]28. The summed E-state index contributed by atoms with van der Waals surface area (Å²) in [6.45, 7) is -4.10. The first kappa shape index (κ1) is 11.1. The third kappa shape index (κ3) is 0.113. The summed E-state index contributed by atoms with van der Waals surface area (Å²) < 4.78 is 1.73. The molecule has 2 spiro atoms. The van der Waals surface area contributed by atoms with E-state index in [1.54, 1.807) is 0 Å². The van der Waals surface area contributed by atoms with Crippen molar-refractivity contribution < 1.29 is 18.1 Å². The zero-order valence-corrected chi connectivity index (χ0v) is 19.6. The average molecular weight is 485 g/mol. The quantitative estimate of drug-likeness (QED) is 0.244. The molecule has 20 heterocycles. The number of hydrogen-bond acceptors (Lipinski definition) is 2. The first-order valence-corrected chi connectivity index (χ1v) is 26.7. The fraction of sp³-hybridized carbons (Fsp3) is 1.00. The molecule has 20 fully saturated rings. The van der Waals surface area contributed by atoms with Crippen LogP contribution in [0, 0.1) is 0 Å². The molecule has 30 heavy (non-hydrogen) atoms. The second-order valence-corrected chi connectivity index (χ2v) is 68.7. The van der Waals surface area contributed by atoms with Crippen LogP contribution in [-0.2, 0) is 13.0 Å². The van der Waals surface area contributed by atoms with E-state index >= 15 is 0 Å². The average Bonchev–Trinajstić information content (AvgIpc) is 3.63. The number of aliphatic hydroxyl groups excluding tert-OH is 1. The Bertz CT molecular complexity index is 1840. The van der Waals surface area contributed by atoms with Crippen LogP contribution in [0.3, 0.4) is 0 Å². The van der Waals surface area contributed by atoms with Gasteiger partial charge in [0, 0.05) is 0 Å². The fourth-order valence-electron chi connectivity index (χ4n) is 34.9. The van der Waals surface area contributed by atoms with Gasteiger partial charge < -0.3 is 0 Å². The van der Waals surface area contributed by atoms with Crippen molar-refractivity contribution in [1.82, 2.24) is 4.90 Å². The molecule has 2 nitrogen and oxygen atoms in total. The van der Waals surface area contributed by atoms with E-state index in [1.165, 1.54) is 112 Å². The standard InChI is InChI=1S/C16H21NO.2C5H5.2Fe/c1-2-3-4-13-16(18)17(14-9-5-6-10-14)15-11-7-8-12-15;2*1-2-4-5-3-1;;/h5-12,16,18H,2-4,13H2,1H3;2*1-5H;;. The number of aliphatic hydroxyl groups is 1. The summed E-state index contributed by atoms with van der Waals surface area (Å²) in [5, 5.41) is 12.4. The Morgan fingerprint density at radius 2 is 1.00 bits per heavy atom. The van der Waals surface area contributed by atoms with Gasteiger partial charge in [0.1, 0.15) is 0 Å². The molecule has 1 N–H and O–H groups in total. The van der Waals surface area contributed by atoms with Gasteiger partial charge >= 0.3 is 157 Å². The van der Waals surface area contributed by atoms with E-state index < -0.39 is 13.0 Å². The summed E-state index contributed by atoms with van der Waals surface area (Å²) in [5.74, 6) is 0. The number of unbranched alkanes of at least 4 members (excludes halogenated alkanes) is 2. The van der Waals surface area contributed by atoms with Gasteiger partial charge in [-0.2, -0.15) is 0 Å². The van der Waals surface area contributed by atoms with Gasteiger partial charge in [-0.3, -0.25) is 0 Å². The number of hydrogen-bond donors (Lipinski definition) is 1. The van der Waals surface area contributed by atoms with E-state index in [4.69, 9.17) is 0 Å². The second kappa shape index (κ2) is 0.901. The topological polar surface area (TPSA) is 23.5 Å². The van der Waals surface area contributed by atoms with Crippen LogP contribution in [0.2, 0.25) is 86.7 Å². The Hall–Kier alpha value is 0.959. The Labute approximate surface area is 156 Å². The maximum absolute atomic E-state index is 12.4. The van der Waals surface area contributed by atoms with Crippen LogP contribution >= 0.6 is 0 Å². The molecule has 162 valence electrons. The molecular formula is C26H31Fe2NO. The molecule has 0 radical (unpaired) electrons. The molecule has 20 aliphatic heterocycles. The summed E-state index contributed by atoms with van der Waals surface area (Å²) in [7, 11) is 0. The van der Waals surface area contributed by atoms with Gasteiger partial charge in [0.25, 0.3) is 0 Å². The van der Waals surface area contributed by atoms with Crippen molar-refractivity contribution in [2.75, 3.05) is 0 Å². The van der Waals surface area contributed by atoms with Gasteiger partial charge in [-0.15, -0.1) is 0 Å². The van der Waals surface area contributed by atoms with E-state index in [1.807, 2.05) is 0 Å². The summed E-state index contributed by atoms with van der Waals surface area (Å²) in [6.07, 6.45) is 5.26. The molecule has 0 amide bonds. The molecule has 0 bridgehead atoms. The molecule has 9 atom stereocenters. The Morgan fingerprint density at radius 1 is 0.633 bits per heavy atom. The van der Waals surface area contributed by atoms with Crippen LogP contribution < -0.4 is 0 Å². The zero-order chi connectivity index (χ0) is 18.0. The molecule has 0 aromatic heterocycles. The molecule has 20 saturated heterocycles. The fourth-order valence-corrected chi connectivity index (χ4v) is 182. The van der Waals surface area contributed by atoms with Crippen molar-refractivity contribution in [2.45, 2.75) is 134 Å². The minimum atomic E-state index is -3.23. The van der Waals surface area contributed by atoms with Gasteiger partial charge in [-0.1, -0.05) is 0 Å². The van der Waals surface area contributed by atoms with Crippen LogP contribution in [0.15, 0.2) is 0 Å². The summed E-state index contributed by atoms with van der Waals surface area (Å²) >= 11 is 0. The monoisotopic (exact) mass is 485 g/mol. The van der Waals surface area contributed by atoms with Crippen molar-refractivity contribution in [1.29, 1.82) is 0 Å². The summed E-state index contributed by atoms with van der Waals surface area (Å²) in [4.78, 5) is 29.2. The van der Waals surface area contributed by atoms with Gasteiger partial charge in [0.2, 0.25) is 0 Å². The van der Waals surface area contributed by atoms with E-state index in [0.717, 1.165) is 8.87 Å². The maximum atomic E-state index is 12.4. The molecule has 9 unspecified atom stereocenters. The molecule has 20 rings (SSSR count). The first-order chi connectivity index (χ1) is 14.2. The van der Waals surface area contributed by atoms with Crippen LogP contribution in [0.4, 0.5) is 0 Å². The van der Waals surface area contributed by atoms with Crippen LogP contribution in [-0.4, -0.2) is 25.1 Å². The number of fused-ring (bicyclic) bond motifs is 20. The number of rotatable bonds is 7. The molecule has 20 aliphatic rings. The summed E-state index contributed by atoms with van der Waals surface area (Å²) in [6, 6.07) is 0. The third-order valence-corrected chi connectivity index (χ3v) is 116. The van der Waals surface area contributed by atoms with Gasteiger partial charge in [-0.25, -0.2) is 0 Å². The zero-order valence-electron chi connectivity index (χ0n) is 17.4. The molecular weight excluding hydrogens is 454 g/mol. The van der Waals surface area contributed by atoms with Crippen molar-refractivity contribution in [3.8, 4) is 0 Å². The molecule has 4 heteroatoms. The predicted molar refractivity (Wildman–Crippen MR) is 105 cm³/mol. The molecule has 0 aromatic carbocycles. The summed E-state index contributed by atoms with van der Waals surface area (Å²) in [5.41, 5.74) is 0. The predicted octanol–water partition coefficient (Wildman–Crippen LogP) is 6.78. The van der Waals surface area contributed by atoms with Crippen LogP contribution in [0.1, 0.15) is 32.6 Å². The van der Waals surface area contributed by atoms with Crippen molar-refractivity contribution >= 4 is 0 Å². The molecule has 0 saturated carbocycles.